The molecular formula is C102H70N10. The van der Waals surface area contributed by atoms with E-state index in [-0.39, 0.29) is 0 Å². The molecular weight excluding hydrogens is 1370 g/mol. The number of aryl methyl sites for hydroxylation is 2. The predicted octanol–water partition coefficient (Wildman–Crippen LogP) is 25.5. The predicted molar refractivity (Wildman–Crippen MR) is 462 cm³/mol. The van der Waals surface area contributed by atoms with Gasteiger partial charge in [-0.15, -0.1) is 0 Å². The second-order valence-corrected chi connectivity index (χ2v) is 28.2. The fourth-order valence-corrected chi connectivity index (χ4v) is 16.1. The Kier molecular flexibility index (Phi) is 16.9. The molecule has 112 heavy (non-hydrogen) atoms. The van der Waals surface area contributed by atoms with Crippen LogP contribution in [0, 0.1) is 0 Å². The van der Waals surface area contributed by atoms with Gasteiger partial charge in [0, 0.05) is 89.9 Å². The van der Waals surface area contributed by atoms with Gasteiger partial charge in [-0.25, -0.2) is 39.9 Å². The molecule has 0 saturated heterocycles. The Morgan fingerprint density at radius 1 is 0.205 bits per heavy atom. The number of rotatable bonds is 13. The van der Waals surface area contributed by atoms with Gasteiger partial charge >= 0.3 is 0 Å². The largest absolute Gasteiger partial charge is 0.296 e. The van der Waals surface area contributed by atoms with Crippen LogP contribution in [0.15, 0.2) is 364 Å². The lowest BCUT2D eigenvalue weighted by molar-refractivity contribution is 0.908. The maximum atomic E-state index is 5.32. The SMILES string of the molecule is CCc1nc2c3c(-c4ccc(-c5ccc(-c6nc(-c7cccc(-c8ccccc8)c7)nc7ccccc67)cc5)cc4)nc4ccccc4c3ccc2n1-c1ccccc1.CCc1nc2c3c(-c4ccc(-c5cccc(-c6nc(-c7ccccc7)nc7ccccc67)c5)cc4)nc4ccccc4c3ccc2n1-c1ccccc1. The molecule has 10 nitrogen and oxygen atoms in total. The van der Waals surface area contributed by atoms with Gasteiger partial charge in [-0.1, -0.05) is 305 Å². The highest BCUT2D eigenvalue weighted by Crippen LogP contribution is 2.43. The second-order valence-electron chi connectivity index (χ2n) is 28.2. The van der Waals surface area contributed by atoms with Crippen LogP contribution in [-0.2, 0) is 12.8 Å². The van der Waals surface area contributed by atoms with Crippen LogP contribution >= 0.6 is 0 Å². The number of para-hydroxylation sites is 6. The summed E-state index contributed by atoms with van der Waals surface area (Å²) in [5, 5.41) is 8.77. The van der Waals surface area contributed by atoms with Gasteiger partial charge in [0.2, 0.25) is 0 Å². The molecule has 21 aromatic rings. The monoisotopic (exact) mass is 1430 g/mol. The first-order chi connectivity index (χ1) is 55.4. The zero-order chi connectivity index (χ0) is 74.6. The molecule has 0 saturated carbocycles. The minimum Gasteiger partial charge on any atom is -0.296 e. The summed E-state index contributed by atoms with van der Waals surface area (Å²) < 4.78 is 4.57. The molecule has 10 heteroatoms. The molecule has 0 aliphatic rings. The van der Waals surface area contributed by atoms with Gasteiger partial charge < -0.3 is 0 Å². The van der Waals surface area contributed by atoms with Crippen molar-refractivity contribution in [3.05, 3.63) is 376 Å². The second kappa shape index (κ2) is 28.4. The zero-order valence-corrected chi connectivity index (χ0v) is 61.5. The van der Waals surface area contributed by atoms with E-state index in [0.717, 1.165) is 213 Å². The summed E-state index contributed by atoms with van der Waals surface area (Å²) in [4.78, 5) is 41.5. The normalized spacial score (nSPS) is 11.6. The van der Waals surface area contributed by atoms with Crippen LogP contribution in [-0.4, -0.2) is 49.0 Å². The Morgan fingerprint density at radius 2 is 0.518 bits per heavy atom. The van der Waals surface area contributed by atoms with Gasteiger partial charge in [-0.05, 0) is 117 Å². The first-order valence-electron chi connectivity index (χ1n) is 38.2. The van der Waals surface area contributed by atoms with Crippen LogP contribution in [0.4, 0.5) is 0 Å². The van der Waals surface area contributed by atoms with Crippen LogP contribution in [0.2, 0.25) is 0 Å². The lowest BCUT2D eigenvalue weighted by Crippen LogP contribution is -1.99. The van der Waals surface area contributed by atoms with E-state index in [9.17, 15) is 0 Å². The number of pyridine rings is 2. The number of benzene rings is 15. The van der Waals surface area contributed by atoms with Gasteiger partial charge in [0.15, 0.2) is 11.6 Å². The van der Waals surface area contributed by atoms with E-state index in [1.54, 1.807) is 0 Å². The topological polar surface area (TPSA) is 113 Å². The Labute approximate surface area is 647 Å². The molecule has 0 spiro atoms. The Morgan fingerprint density at radius 3 is 0.964 bits per heavy atom. The number of nitrogens with zero attached hydrogens (tertiary/aromatic N) is 10. The summed E-state index contributed by atoms with van der Waals surface area (Å²) in [6.07, 6.45) is 1.62. The van der Waals surface area contributed by atoms with Crippen LogP contribution in [0.5, 0.6) is 0 Å². The maximum absolute atomic E-state index is 5.32. The van der Waals surface area contributed by atoms with E-state index in [1.807, 2.05) is 42.5 Å². The minimum absolute atomic E-state index is 0.709. The third-order valence-electron chi connectivity index (χ3n) is 21.5. The summed E-state index contributed by atoms with van der Waals surface area (Å²) in [6.45, 7) is 4.34. The fourth-order valence-electron chi connectivity index (χ4n) is 16.1. The third-order valence-corrected chi connectivity index (χ3v) is 21.5. The Hall–Kier alpha value is -14.7. The molecule has 0 atom stereocenters. The molecule has 21 rings (SSSR count). The van der Waals surface area contributed by atoms with E-state index in [1.165, 1.54) is 5.56 Å². The van der Waals surface area contributed by atoms with Crippen molar-refractivity contribution >= 4 is 87.2 Å². The maximum Gasteiger partial charge on any atom is 0.160 e. The van der Waals surface area contributed by atoms with E-state index in [0.29, 0.717) is 5.82 Å². The summed E-state index contributed by atoms with van der Waals surface area (Å²) >= 11 is 0. The highest BCUT2D eigenvalue weighted by molar-refractivity contribution is 6.21. The van der Waals surface area contributed by atoms with Crippen molar-refractivity contribution in [2.24, 2.45) is 0 Å². The molecule has 528 valence electrons. The van der Waals surface area contributed by atoms with Crippen LogP contribution in [0.3, 0.4) is 0 Å². The number of hydrogen-bond acceptors (Lipinski definition) is 8. The number of hydrogen-bond donors (Lipinski definition) is 0. The Balaban J connectivity index is 0.000000147. The van der Waals surface area contributed by atoms with Gasteiger partial charge in [0.25, 0.3) is 0 Å². The molecule has 0 aliphatic carbocycles. The smallest absolute Gasteiger partial charge is 0.160 e. The van der Waals surface area contributed by atoms with E-state index in [2.05, 4.69) is 344 Å². The summed E-state index contributed by atoms with van der Waals surface area (Å²) in [5.41, 5.74) is 26.8. The van der Waals surface area contributed by atoms with Gasteiger partial charge in [0.1, 0.15) is 11.6 Å². The Bertz CT molecular complexity index is 7170. The molecule has 0 unspecified atom stereocenters. The molecule has 6 aromatic heterocycles. The van der Waals surface area contributed by atoms with Crippen LogP contribution < -0.4 is 0 Å². The van der Waals surface area contributed by atoms with Crippen molar-refractivity contribution in [1.29, 1.82) is 0 Å². The molecule has 0 aliphatic heterocycles. The fraction of sp³-hybridized carbons (Fsp3) is 0.0392. The van der Waals surface area contributed by atoms with E-state index >= 15 is 0 Å². The molecule has 6 heterocycles. The first kappa shape index (κ1) is 66.7. The zero-order valence-electron chi connectivity index (χ0n) is 61.5. The van der Waals surface area contributed by atoms with Crippen molar-refractivity contribution < 1.29 is 0 Å². The highest BCUT2D eigenvalue weighted by Gasteiger charge is 2.24. The van der Waals surface area contributed by atoms with Gasteiger partial charge in [-0.3, -0.25) is 9.13 Å². The third kappa shape index (κ3) is 12.0. The standard InChI is InChI=1S/C54H37N5.C48H33N5/c1-2-49-57-53-48(59(49)42-18-7-4-8-19-42)33-32-44-43-20-9-11-22-46(43)55-52(50(44)53)39-30-26-37(27-31-39)36-24-28-38(29-25-36)51-45-21-10-12-23-47(45)56-54(58-51)41-17-13-16-40(34-41)35-14-5-3-6-15-35;1-2-43-51-47-42(53(43)36-18-7-4-8-19-36)29-28-38-37-20-9-11-22-40(37)49-46(44(38)47)32-26-24-31(25-27-32)34-16-13-17-35(30-34)45-39-21-10-12-23-41(39)50-48(52-45)33-14-5-3-6-15-33/h3-34H,2H2,1H3;3-30H,2H2,1H3. The van der Waals surface area contributed by atoms with Crippen molar-refractivity contribution in [3.63, 3.8) is 0 Å². The van der Waals surface area contributed by atoms with Crippen molar-refractivity contribution in [2.75, 3.05) is 0 Å². The van der Waals surface area contributed by atoms with Crippen molar-refractivity contribution in [3.8, 4) is 113 Å². The number of fused-ring (bicyclic) bond motifs is 12. The van der Waals surface area contributed by atoms with Crippen molar-refractivity contribution in [1.82, 2.24) is 49.0 Å². The van der Waals surface area contributed by atoms with Crippen molar-refractivity contribution in [2.45, 2.75) is 26.7 Å². The lowest BCUT2D eigenvalue weighted by Gasteiger charge is -2.13. The van der Waals surface area contributed by atoms with Crippen LogP contribution in [0.25, 0.3) is 200 Å². The quantitative estimate of drug-likeness (QED) is 0.105. The average Bonchev–Trinajstić information content (AvgIpc) is 1.53. The molecule has 0 fully saturated rings. The molecule has 0 amide bonds. The summed E-state index contributed by atoms with van der Waals surface area (Å²) in [5.74, 6) is 3.49. The molecule has 0 radical (unpaired) electrons. The van der Waals surface area contributed by atoms with Gasteiger partial charge in [0.05, 0.1) is 66.9 Å². The number of imidazole rings is 2. The molecule has 15 aromatic carbocycles. The van der Waals surface area contributed by atoms with Gasteiger partial charge in [-0.2, -0.15) is 0 Å². The van der Waals surface area contributed by atoms with E-state index < -0.39 is 0 Å². The summed E-state index contributed by atoms with van der Waals surface area (Å²) in [6, 6.07) is 127. The first-order valence-corrected chi connectivity index (χ1v) is 38.2. The average molecular weight is 1440 g/mol. The highest BCUT2D eigenvalue weighted by atomic mass is 15.1. The van der Waals surface area contributed by atoms with E-state index in [4.69, 9.17) is 39.9 Å². The molecule has 0 N–H and O–H groups in total. The lowest BCUT2D eigenvalue weighted by atomic mass is 9.96. The minimum atomic E-state index is 0.709. The molecule has 0 bridgehead atoms. The van der Waals surface area contributed by atoms with Crippen LogP contribution in [0.1, 0.15) is 25.5 Å². The number of aromatic nitrogens is 10. The summed E-state index contributed by atoms with van der Waals surface area (Å²) in [7, 11) is 0.